The highest BCUT2D eigenvalue weighted by atomic mass is 16.3. The van der Waals surface area contributed by atoms with Crippen molar-refractivity contribution in [3.05, 3.63) is 36.1 Å². The Morgan fingerprint density at radius 2 is 2.18 bits per heavy atom. The zero-order valence-corrected chi connectivity index (χ0v) is 10.0. The Morgan fingerprint density at radius 3 is 2.94 bits per heavy atom. The van der Waals surface area contributed by atoms with Crippen LogP contribution in [0.15, 0.2) is 34.7 Å². The zero-order valence-electron chi connectivity index (χ0n) is 10.0. The van der Waals surface area contributed by atoms with Crippen LogP contribution in [0.2, 0.25) is 0 Å². The van der Waals surface area contributed by atoms with Crippen molar-refractivity contribution in [2.75, 3.05) is 6.54 Å². The fourth-order valence-electron chi connectivity index (χ4n) is 1.80. The van der Waals surface area contributed by atoms with Gasteiger partial charge in [-0.15, -0.1) is 0 Å². The van der Waals surface area contributed by atoms with Gasteiger partial charge in [-0.3, -0.25) is 4.79 Å². The topological polar surface area (TPSA) is 42.2 Å². The molecule has 2 rings (SSSR count). The minimum Gasteiger partial charge on any atom is -0.461 e. The molecule has 3 nitrogen and oxygen atoms in total. The Morgan fingerprint density at radius 1 is 1.35 bits per heavy atom. The number of para-hydroxylation sites is 1. The first kappa shape index (κ1) is 11.7. The molecular formula is C14H17NO2. The maximum atomic E-state index is 11.3. The number of fused-ring (bicyclic) bond motifs is 1. The van der Waals surface area contributed by atoms with E-state index >= 15 is 0 Å². The number of rotatable bonds is 5. The summed E-state index contributed by atoms with van der Waals surface area (Å²) in [5, 5.41) is 3.99. The van der Waals surface area contributed by atoms with Crippen LogP contribution in [0.5, 0.6) is 0 Å². The molecule has 0 aliphatic heterocycles. The Labute approximate surface area is 101 Å². The van der Waals surface area contributed by atoms with Gasteiger partial charge in [0.15, 0.2) is 0 Å². The first-order valence-electron chi connectivity index (χ1n) is 6.03. The van der Waals surface area contributed by atoms with Crippen LogP contribution >= 0.6 is 0 Å². The van der Waals surface area contributed by atoms with E-state index in [1.165, 1.54) is 0 Å². The van der Waals surface area contributed by atoms with Gasteiger partial charge < -0.3 is 9.73 Å². The zero-order chi connectivity index (χ0) is 12.1. The molecule has 0 unspecified atom stereocenters. The molecule has 2 aromatic rings. The lowest BCUT2D eigenvalue weighted by atomic mass is 10.2. The molecule has 1 N–H and O–H groups in total. The number of hydrogen-bond donors (Lipinski definition) is 1. The van der Waals surface area contributed by atoms with E-state index in [4.69, 9.17) is 4.42 Å². The summed E-state index contributed by atoms with van der Waals surface area (Å²) in [6.45, 7) is 2.64. The van der Waals surface area contributed by atoms with Crippen LogP contribution in [0.25, 0.3) is 11.0 Å². The van der Waals surface area contributed by atoms with Crippen LogP contribution in [0.1, 0.15) is 25.5 Å². The smallest absolute Gasteiger partial charge is 0.219 e. The Balaban J connectivity index is 1.89. The van der Waals surface area contributed by atoms with E-state index in [0.717, 1.165) is 29.6 Å². The molecule has 0 saturated carbocycles. The molecule has 90 valence electrons. The number of amides is 1. The molecule has 3 heteroatoms. The molecule has 0 atom stereocenters. The molecule has 1 heterocycles. The summed E-state index contributed by atoms with van der Waals surface area (Å²) in [5.41, 5.74) is 0.905. The van der Waals surface area contributed by atoms with E-state index < -0.39 is 0 Å². The molecule has 1 aromatic heterocycles. The van der Waals surface area contributed by atoms with Crippen LogP contribution < -0.4 is 5.32 Å². The van der Waals surface area contributed by atoms with Gasteiger partial charge in [-0.05, 0) is 18.6 Å². The maximum Gasteiger partial charge on any atom is 0.219 e. The van der Waals surface area contributed by atoms with Gasteiger partial charge in [-0.25, -0.2) is 0 Å². The van der Waals surface area contributed by atoms with Crippen molar-refractivity contribution in [1.82, 2.24) is 5.32 Å². The number of hydrogen-bond acceptors (Lipinski definition) is 2. The standard InChI is InChI=1S/C14H17NO2/c1-2-5-14(16)15-9-8-12-10-11-6-3-4-7-13(11)17-12/h3-4,6-7,10H,2,5,8-9H2,1H3,(H,15,16). The molecule has 17 heavy (non-hydrogen) atoms. The molecule has 0 fully saturated rings. The van der Waals surface area contributed by atoms with Crippen molar-refractivity contribution in [2.45, 2.75) is 26.2 Å². The van der Waals surface area contributed by atoms with Gasteiger partial charge >= 0.3 is 0 Å². The van der Waals surface area contributed by atoms with Gasteiger partial charge in [-0.1, -0.05) is 25.1 Å². The van der Waals surface area contributed by atoms with E-state index in [0.29, 0.717) is 13.0 Å². The lowest BCUT2D eigenvalue weighted by Crippen LogP contribution is -2.24. The first-order valence-corrected chi connectivity index (χ1v) is 6.03. The lowest BCUT2D eigenvalue weighted by molar-refractivity contribution is -0.121. The molecular weight excluding hydrogens is 214 g/mol. The number of nitrogens with one attached hydrogen (secondary N) is 1. The van der Waals surface area contributed by atoms with Gasteiger partial charge in [0.2, 0.25) is 5.91 Å². The number of carbonyl (C=O) groups excluding carboxylic acids is 1. The summed E-state index contributed by atoms with van der Waals surface area (Å²) >= 11 is 0. The monoisotopic (exact) mass is 231 g/mol. The van der Waals surface area contributed by atoms with Crippen molar-refractivity contribution < 1.29 is 9.21 Å². The number of furan rings is 1. The van der Waals surface area contributed by atoms with E-state index in [1.54, 1.807) is 0 Å². The SMILES string of the molecule is CCCC(=O)NCCc1cc2ccccc2o1. The van der Waals surface area contributed by atoms with Crippen molar-refractivity contribution in [3.63, 3.8) is 0 Å². The van der Waals surface area contributed by atoms with Crippen LogP contribution in [-0.2, 0) is 11.2 Å². The molecule has 0 spiro atoms. The summed E-state index contributed by atoms with van der Waals surface area (Å²) in [5.74, 6) is 1.03. The highest BCUT2D eigenvalue weighted by Crippen LogP contribution is 2.18. The number of carbonyl (C=O) groups is 1. The summed E-state index contributed by atoms with van der Waals surface area (Å²) < 4.78 is 5.66. The van der Waals surface area contributed by atoms with Crippen molar-refractivity contribution >= 4 is 16.9 Å². The third-order valence-electron chi connectivity index (χ3n) is 2.65. The molecule has 0 radical (unpaired) electrons. The molecule has 0 aliphatic carbocycles. The normalized spacial score (nSPS) is 10.6. The summed E-state index contributed by atoms with van der Waals surface area (Å²) in [7, 11) is 0. The van der Waals surface area contributed by atoms with Gasteiger partial charge in [-0.2, -0.15) is 0 Å². The second-order valence-corrected chi connectivity index (χ2v) is 4.10. The van der Waals surface area contributed by atoms with Gasteiger partial charge in [0.1, 0.15) is 11.3 Å². The van der Waals surface area contributed by atoms with E-state index in [2.05, 4.69) is 5.32 Å². The Bertz CT molecular complexity index is 469. The lowest BCUT2D eigenvalue weighted by Gasteiger charge is -2.01. The van der Waals surface area contributed by atoms with Crippen molar-refractivity contribution in [1.29, 1.82) is 0 Å². The molecule has 0 saturated heterocycles. The minimum atomic E-state index is 0.114. The van der Waals surface area contributed by atoms with Crippen LogP contribution in [0.3, 0.4) is 0 Å². The molecule has 0 bridgehead atoms. The van der Waals surface area contributed by atoms with Gasteiger partial charge in [0.25, 0.3) is 0 Å². The third-order valence-corrected chi connectivity index (χ3v) is 2.65. The largest absolute Gasteiger partial charge is 0.461 e. The predicted octanol–water partition coefficient (Wildman–Crippen LogP) is 2.89. The second kappa shape index (κ2) is 5.53. The molecule has 0 aliphatic rings. The summed E-state index contributed by atoms with van der Waals surface area (Å²) in [4.78, 5) is 11.3. The van der Waals surface area contributed by atoms with E-state index in [-0.39, 0.29) is 5.91 Å². The third kappa shape index (κ3) is 3.09. The fraction of sp³-hybridized carbons (Fsp3) is 0.357. The Kier molecular flexibility index (Phi) is 3.81. The van der Waals surface area contributed by atoms with Gasteiger partial charge in [0.05, 0.1) is 0 Å². The van der Waals surface area contributed by atoms with Crippen LogP contribution in [0, 0.1) is 0 Å². The second-order valence-electron chi connectivity index (χ2n) is 4.10. The highest BCUT2D eigenvalue weighted by Gasteiger charge is 2.03. The fourth-order valence-corrected chi connectivity index (χ4v) is 1.80. The molecule has 1 amide bonds. The highest BCUT2D eigenvalue weighted by molar-refractivity contribution is 5.78. The van der Waals surface area contributed by atoms with Crippen molar-refractivity contribution in [2.24, 2.45) is 0 Å². The number of benzene rings is 1. The average molecular weight is 231 g/mol. The van der Waals surface area contributed by atoms with Crippen LogP contribution in [0.4, 0.5) is 0 Å². The first-order chi connectivity index (χ1) is 8.29. The minimum absolute atomic E-state index is 0.114. The molecule has 1 aromatic carbocycles. The van der Waals surface area contributed by atoms with Crippen molar-refractivity contribution in [3.8, 4) is 0 Å². The average Bonchev–Trinajstić information content (AvgIpc) is 2.71. The Hall–Kier alpha value is -1.77. The maximum absolute atomic E-state index is 11.3. The van der Waals surface area contributed by atoms with E-state index in [9.17, 15) is 4.79 Å². The predicted molar refractivity (Wildman–Crippen MR) is 67.8 cm³/mol. The summed E-state index contributed by atoms with van der Waals surface area (Å²) in [6.07, 6.45) is 2.22. The van der Waals surface area contributed by atoms with E-state index in [1.807, 2.05) is 37.3 Å². The van der Waals surface area contributed by atoms with Crippen LogP contribution in [-0.4, -0.2) is 12.5 Å². The summed E-state index contributed by atoms with van der Waals surface area (Å²) in [6, 6.07) is 9.96. The van der Waals surface area contributed by atoms with Gasteiger partial charge in [0, 0.05) is 24.8 Å². The quantitative estimate of drug-likeness (QED) is 0.859.